The third-order valence-corrected chi connectivity index (χ3v) is 2.15. The molecule has 0 aliphatic rings. The van der Waals surface area contributed by atoms with E-state index < -0.39 is 0 Å². The Hall–Kier alpha value is -1.64. The fourth-order valence-corrected chi connectivity index (χ4v) is 1.19. The zero-order chi connectivity index (χ0) is 10.7. The molecule has 1 heterocycles. The van der Waals surface area contributed by atoms with Crippen LogP contribution in [0.5, 0.6) is 0 Å². The molecule has 0 amide bonds. The maximum absolute atomic E-state index is 5.56. The van der Waals surface area contributed by atoms with E-state index in [1.165, 1.54) is 0 Å². The number of hydrogen-bond acceptors (Lipinski definition) is 3. The number of nitrogens with two attached hydrogens (primary N) is 1. The highest BCUT2D eigenvalue weighted by atomic mass is 16.4. The number of furan rings is 1. The third-order valence-electron chi connectivity index (χ3n) is 2.15. The van der Waals surface area contributed by atoms with Crippen LogP contribution in [0, 0.1) is 0 Å². The van der Waals surface area contributed by atoms with E-state index >= 15 is 0 Å². The van der Waals surface area contributed by atoms with Crippen molar-refractivity contribution in [1.82, 2.24) is 0 Å². The normalized spacial score (nSPS) is 9.86. The van der Waals surface area contributed by atoms with E-state index in [1.54, 1.807) is 6.07 Å². The van der Waals surface area contributed by atoms with Crippen LogP contribution < -0.4 is 11.1 Å². The minimum absolute atomic E-state index is 0.384. The van der Waals surface area contributed by atoms with Gasteiger partial charge in [-0.3, -0.25) is 0 Å². The van der Waals surface area contributed by atoms with E-state index in [-0.39, 0.29) is 0 Å². The number of rotatable bonds is 4. The second kappa shape index (κ2) is 4.05. The van der Waals surface area contributed by atoms with Gasteiger partial charge in [-0.2, -0.15) is 0 Å². The lowest BCUT2D eigenvalue weighted by Gasteiger charge is -2.06. The molecule has 0 unspecified atom stereocenters. The van der Waals surface area contributed by atoms with Gasteiger partial charge in [-0.1, -0.05) is 20.1 Å². The predicted octanol–water partition coefficient (Wildman–Crippen LogP) is 2.88. The molecule has 3 heteroatoms. The lowest BCUT2D eigenvalue weighted by atomic mass is 10.0. The van der Waals surface area contributed by atoms with E-state index in [1.807, 2.05) is 14.0 Å². The van der Waals surface area contributed by atoms with Crippen LogP contribution in [-0.4, -0.2) is 7.05 Å². The van der Waals surface area contributed by atoms with Crippen LogP contribution in [0.4, 0.5) is 11.6 Å². The number of hydrogen-bond donors (Lipinski definition) is 2. The van der Waals surface area contributed by atoms with Gasteiger partial charge in [0.25, 0.3) is 0 Å². The van der Waals surface area contributed by atoms with Gasteiger partial charge >= 0.3 is 0 Å². The van der Waals surface area contributed by atoms with Crippen LogP contribution in [0.15, 0.2) is 29.2 Å². The molecule has 0 fully saturated rings. The van der Waals surface area contributed by atoms with Crippen LogP contribution in [0.3, 0.4) is 0 Å². The molecule has 3 nitrogen and oxygen atoms in total. The highest BCUT2D eigenvalue weighted by Crippen LogP contribution is 2.32. The molecule has 0 spiro atoms. The SMILES string of the molecule is C=C(CC)C(=C)c1oc(N)cc1NC. The Balaban J connectivity index is 3.05. The van der Waals surface area contributed by atoms with E-state index in [0.717, 1.165) is 23.3 Å². The van der Waals surface area contributed by atoms with Crippen molar-refractivity contribution in [1.29, 1.82) is 0 Å². The maximum Gasteiger partial charge on any atom is 0.193 e. The standard InChI is InChI=1S/C11H16N2O/c1-5-7(2)8(3)11-9(13-4)6-10(12)14-11/h6,13H,2-3,5,12H2,1,4H3. The topological polar surface area (TPSA) is 51.2 Å². The number of nitrogens with one attached hydrogen (secondary N) is 1. The second-order valence-corrected chi connectivity index (χ2v) is 3.08. The minimum Gasteiger partial charge on any atom is -0.439 e. The second-order valence-electron chi connectivity index (χ2n) is 3.08. The molecule has 1 aromatic rings. The first-order valence-corrected chi connectivity index (χ1v) is 4.54. The van der Waals surface area contributed by atoms with Crippen molar-refractivity contribution in [3.8, 4) is 0 Å². The Morgan fingerprint density at radius 1 is 1.57 bits per heavy atom. The molecule has 0 bridgehead atoms. The maximum atomic E-state index is 5.56. The van der Waals surface area contributed by atoms with E-state index in [9.17, 15) is 0 Å². The number of nitrogen functional groups attached to an aromatic ring is 1. The van der Waals surface area contributed by atoms with Crippen molar-refractivity contribution in [2.24, 2.45) is 0 Å². The van der Waals surface area contributed by atoms with Gasteiger partial charge in [0.05, 0.1) is 5.69 Å². The quantitative estimate of drug-likeness (QED) is 0.721. The number of allylic oxidation sites excluding steroid dienone is 2. The Bertz CT molecular complexity index is 363. The summed E-state index contributed by atoms with van der Waals surface area (Å²) in [5, 5.41) is 3.00. The van der Waals surface area contributed by atoms with Gasteiger partial charge in [-0.05, 0) is 12.0 Å². The van der Waals surface area contributed by atoms with E-state index in [2.05, 4.69) is 18.5 Å². The van der Waals surface area contributed by atoms with Crippen LogP contribution in [-0.2, 0) is 0 Å². The lowest BCUT2D eigenvalue weighted by molar-refractivity contribution is 0.574. The van der Waals surface area contributed by atoms with Crippen molar-refractivity contribution in [2.45, 2.75) is 13.3 Å². The molecule has 0 aliphatic heterocycles. The van der Waals surface area contributed by atoms with Crippen molar-refractivity contribution < 1.29 is 4.42 Å². The summed E-state index contributed by atoms with van der Waals surface area (Å²) < 4.78 is 5.35. The molecule has 0 radical (unpaired) electrons. The largest absolute Gasteiger partial charge is 0.439 e. The summed E-state index contributed by atoms with van der Waals surface area (Å²) in [6.07, 6.45) is 0.850. The van der Waals surface area contributed by atoms with Crippen LogP contribution >= 0.6 is 0 Å². The van der Waals surface area contributed by atoms with Gasteiger partial charge < -0.3 is 15.5 Å². The molecular formula is C11H16N2O. The van der Waals surface area contributed by atoms with E-state index in [4.69, 9.17) is 10.2 Å². The molecule has 1 rings (SSSR count). The first-order chi connectivity index (χ1) is 6.60. The van der Waals surface area contributed by atoms with Gasteiger partial charge in [0.1, 0.15) is 0 Å². The van der Waals surface area contributed by atoms with Crippen LogP contribution in [0.2, 0.25) is 0 Å². The zero-order valence-electron chi connectivity index (χ0n) is 8.68. The summed E-state index contributed by atoms with van der Waals surface area (Å²) in [6, 6.07) is 1.74. The summed E-state index contributed by atoms with van der Waals surface area (Å²) in [6.45, 7) is 9.86. The molecule has 14 heavy (non-hydrogen) atoms. The Morgan fingerprint density at radius 2 is 2.21 bits per heavy atom. The number of anilines is 2. The van der Waals surface area contributed by atoms with Crippen LogP contribution in [0.1, 0.15) is 19.1 Å². The van der Waals surface area contributed by atoms with Gasteiger partial charge in [0.15, 0.2) is 11.6 Å². The summed E-state index contributed by atoms with van der Waals surface area (Å²) in [4.78, 5) is 0. The Kier molecular flexibility index (Phi) is 3.02. The average Bonchev–Trinajstić information content (AvgIpc) is 2.57. The molecule has 0 saturated carbocycles. The highest BCUT2D eigenvalue weighted by Gasteiger charge is 2.12. The van der Waals surface area contributed by atoms with E-state index in [0.29, 0.717) is 11.6 Å². The smallest absolute Gasteiger partial charge is 0.193 e. The summed E-state index contributed by atoms with van der Waals surface area (Å²) in [5.74, 6) is 1.06. The highest BCUT2D eigenvalue weighted by molar-refractivity contribution is 5.81. The molecular weight excluding hydrogens is 176 g/mol. The van der Waals surface area contributed by atoms with Crippen molar-refractivity contribution >= 4 is 17.1 Å². The molecule has 0 aromatic carbocycles. The molecule has 3 N–H and O–H groups in total. The summed E-state index contributed by atoms with van der Waals surface area (Å²) >= 11 is 0. The molecule has 0 atom stereocenters. The van der Waals surface area contributed by atoms with Gasteiger partial charge in [-0.25, -0.2) is 0 Å². The predicted molar refractivity (Wildman–Crippen MR) is 61.1 cm³/mol. The molecule has 76 valence electrons. The van der Waals surface area contributed by atoms with Crippen molar-refractivity contribution in [3.05, 3.63) is 30.6 Å². The van der Waals surface area contributed by atoms with Crippen LogP contribution in [0.25, 0.3) is 5.57 Å². The Morgan fingerprint density at radius 3 is 2.71 bits per heavy atom. The zero-order valence-corrected chi connectivity index (χ0v) is 8.68. The molecule has 0 saturated heterocycles. The average molecular weight is 192 g/mol. The van der Waals surface area contributed by atoms with Gasteiger partial charge in [-0.15, -0.1) is 0 Å². The monoisotopic (exact) mass is 192 g/mol. The first-order valence-electron chi connectivity index (χ1n) is 4.54. The summed E-state index contributed by atoms with van der Waals surface area (Å²) in [7, 11) is 1.82. The fourth-order valence-electron chi connectivity index (χ4n) is 1.19. The van der Waals surface area contributed by atoms with Crippen molar-refractivity contribution in [3.63, 3.8) is 0 Å². The fraction of sp³-hybridized carbons (Fsp3) is 0.273. The molecule has 1 aromatic heterocycles. The minimum atomic E-state index is 0.384. The lowest BCUT2D eigenvalue weighted by Crippen LogP contribution is -1.91. The first kappa shape index (κ1) is 10.4. The molecule has 0 aliphatic carbocycles. The van der Waals surface area contributed by atoms with Gasteiger partial charge in [0, 0.05) is 18.7 Å². The Labute approximate surface area is 84.3 Å². The van der Waals surface area contributed by atoms with Crippen molar-refractivity contribution in [2.75, 3.05) is 18.1 Å². The van der Waals surface area contributed by atoms with Gasteiger partial charge in [0.2, 0.25) is 0 Å². The summed E-state index contributed by atoms with van der Waals surface area (Å²) in [5.41, 5.74) is 8.16. The third kappa shape index (κ3) is 1.82.